The maximum atomic E-state index is 10.9. The maximum absolute atomic E-state index is 10.9. The van der Waals surface area contributed by atoms with Crippen LogP contribution in [0.1, 0.15) is 31.1 Å². The molecule has 6 nitrogen and oxygen atoms in total. The third kappa shape index (κ3) is 2.76. The van der Waals surface area contributed by atoms with E-state index in [0.29, 0.717) is 10.5 Å². The van der Waals surface area contributed by atoms with Crippen molar-refractivity contribution in [1.29, 1.82) is 0 Å². The van der Waals surface area contributed by atoms with Gasteiger partial charge in [0.1, 0.15) is 11.7 Å². The van der Waals surface area contributed by atoms with Gasteiger partial charge in [-0.05, 0) is 30.9 Å². The topological polar surface area (TPSA) is 67.6 Å². The van der Waals surface area contributed by atoms with Crippen molar-refractivity contribution in [3.63, 3.8) is 0 Å². The molecule has 2 aromatic rings. The SMILES string of the molecule is CN(Cc1ccc2c(ncn2C2CCCCO2)c1Cl)C(=O)O. The molecular formula is C15H18ClN3O3. The Kier molecular flexibility index (Phi) is 4.22. The Morgan fingerprint density at radius 3 is 3.05 bits per heavy atom. The quantitative estimate of drug-likeness (QED) is 0.938. The highest BCUT2D eigenvalue weighted by atomic mass is 35.5. The van der Waals surface area contributed by atoms with Crippen LogP contribution < -0.4 is 0 Å². The van der Waals surface area contributed by atoms with Gasteiger partial charge in [0.2, 0.25) is 0 Å². The third-order valence-corrected chi connectivity index (χ3v) is 4.39. The number of carboxylic acid groups (broad SMARTS) is 1. The number of amides is 1. The Bertz CT molecular complexity index is 695. The molecule has 2 heterocycles. The Labute approximate surface area is 133 Å². The van der Waals surface area contributed by atoms with Crippen LogP contribution in [0.4, 0.5) is 4.79 Å². The second kappa shape index (κ2) is 6.14. The number of benzene rings is 1. The Morgan fingerprint density at radius 1 is 1.55 bits per heavy atom. The van der Waals surface area contributed by atoms with Crippen LogP contribution in [0.5, 0.6) is 0 Å². The van der Waals surface area contributed by atoms with Crippen molar-refractivity contribution < 1.29 is 14.6 Å². The molecule has 1 aromatic carbocycles. The zero-order chi connectivity index (χ0) is 15.7. The highest BCUT2D eigenvalue weighted by molar-refractivity contribution is 6.35. The molecule has 0 bridgehead atoms. The summed E-state index contributed by atoms with van der Waals surface area (Å²) in [5.41, 5.74) is 2.35. The van der Waals surface area contributed by atoms with Crippen LogP contribution in [0.2, 0.25) is 5.02 Å². The predicted octanol–water partition coefficient (Wildman–Crippen LogP) is 3.50. The molecule has 7 heteroatoms. The van der Waals surface area contributed by atoms with Gasteiger partial charge in [-0.15, -0.1) is 0 Å². The molecule has 1 aliphatic heterocycles. The van der Waals surface area contributed by atoms with Crippen LogP contribution in [-0.2, 0) is 11.3 Å². The average molecular weight is 324 g/mol. The van der Waals surface area contributed by atoms with Crippen molar-refractivity contribution in [1.82, 2.24) is 14.5 Å². The van der Waals surface area contributed by atoms with E-state index in [2.05, 4.69) is 4.98 Å². The number of hydrogen-bond acceptors (Lipinski definition) is 3. The molecule has 1 amide bonds. The van der Waals surface area contributed by atoms with Gasteiger partial charge in [-0.1, -0.05) is 17.7 Å². The molecule has 118 valence electrons. The van der Waals surface area contributed by atoms with Gasteiger partial charge < -0.3 is 19.3 Å². The van der Waals surface area contributed by atoms with Gasteiger partial charge >= 0.3 is 6.09 Å². The summed E-state index contributed by atoms with van der Waals surface area (Å²) in [5.74, 6) is 0. The molecule has 22 heavy (non-hydrogen) atoms. The van der Waals surface area contributed by atoms with Crippen LogP contribution in [0, 0.1) is 0 Å². The first-order valence-electron chi connectivity index (χ1n) is 7.27. The summed E-state index contributed by atoms with van der Waals surface area (Å²) in [5, 5.41) is 9.47. The van der Waals surface area contributed by atoms with Crippen molar-refractivity contribution in [3.8, 4) is 0 Å². The Morgan fingerprint density at radius 2 is 2.36 bits per heavy atom. The number of aromatic nitrogens is 2. The van der Waals surface area contributed by atoms with Crippen molar-refractivity contribution in [3.05, 3.63) is 29.0 Å². The van der Waals surface area contributed by atoms with Crippen molar-refractivity contribution in [2.45, 2.75) is 32.0 Å². The van der Waals surface area contributed by atoms with E-state index in [9.17, 15) is 4.79 Å². The second-order valence-electron chi connectivity index (χ2n) is 5.52. The number of nitrogens with zero attached hydrogens (tertiary/aromatic N) is 3. The van der Waals surface area contributed by atoms with Crippen LogP contribution in [0.25, 0.3) is 11.0 Å². The molecule has 1 aliphatic rings. The molecular weight excluding hydrogens is 306 g/mol. The van der Waals surface area contributed by atoms with E-state index in [1.54, 1.807) is 6.33 Å². The first-order valence-corrected chi connectivity index (χ1v) is 7.65. The number of fused-ring (bicyclic) bond motifs is 1. The lowest BCUT2D eigenvalue weighted by Crippen LogP contribution is -2.24. The summed E-state index contributed by atoms with van der Waals surface area (Å²) < 4.78 is 7.80. The first kappa shape index (κ1) is 15.1. The van der Waals surface area contributed by atoms with E-state index in [1.807, 2.05) is 16.7 Å². The van der Waals surface area contributed by atoms with E-state index in [0.717, 1.165) is 36.9 Å². The van der Waals surface area contributed by atoms with Gasteiger partial charge in [0.15, 0.2) is 0 Å². The highest BCUT2D eigenvalue weighted by Gasteiger charge is 2.20. The molecule has 3 rings (SSSR count). The van der Waals surface area contributed by atoms with Crippen molar-refractivity contribution in [2.75, 3.05) is 13.7 Å². The number of imidazole rings is 1. The van der Waals surface area contributed by atoms with E-state index >= 15 is 0 Å². The Hall–Kier alpha value is -1.79. The standard InChI is InChI=1S/C15H18ClN3O3/c1-18(15(20)21)8-10-5-6-11-14(13(10)16)17-9-19(11)12-4-2-3-7-22-12/h5-6,9,12H,2-4,7-8H2,1H3,(H,20,21). The average Bonchev–Trinajstić information content (AvgIpc) is 2.95. The fraction of sp³-hybridized carbons (Fsp3) is 0.467. The van der Waals surface area contributed by atoms with Crippen LogP contribution in [-0.4, -0.2) is 39.3 Å². The molecule has 1 aromatic heterocycles. The molecule has 0 saturated carbocycles. The van der Waals surface area contributed by atoms with Crippen LogP contribution in [0.3, 0.4) is 0 Å². The zero-order valence-corrected chi connectivity index (χ0v) is 13.1. The summed E-state index contributed by atoms with van der Waals surface area (Å²) in [6, 6.07) is 3.78. The largest absolute Gasteiger partial charge is 0.465 e. The minimum Gasteiger partial charge on any atom is -0.465 e. The highest BCUT2D eigenvalue weighted by Crippen LogP contribution is 2.31. The number of hydrogen-bond donors (Lipinski definition) is 1. The molecule has 1 N–H and O–H groups in total. The molecule has 1 fully saturated rings. The van der Waals surface area contributed by atoms with E-state index in [1.165, 1.54) is 11.9 Å². The fourth-order valence-corrected chi connectivity index (χ4v) is 3.00. The number of rotatable bonds is 3. The van der Waals surface area contributed by atoms with Gasteiger partial charge in [0.25, 0.3) is 0 Å². The molecule has 0 spiro atoms. The lowest BCUT2D eigenvalue weighted by atomic mass is 10.1. The number of carbonyl (C=O) groups is 1. The number of halogens is 1. The molecule has 1 unspecified atom stereocenters. The molecule has 0 aliphatic carbocycles. The molecule has 1 saturated heterocycles. The summed E-state index contributed by atoms with van der Waals surface area (Å²) in [6.07, 6.45) is 3.96. The summed E-state index contributed by atoms with van der Waals surface area (Å²) in [6.45, 7) is 0.996. The van der Waals surface area contributed by atoms with E-state index in [-0.39, 0.29) is 12.8 Å². The fourth-order valence-electron chi connectivity index (χ4n) is 2.73. The molecule has 1 atom stereocenters. The summed E-state index contributed by atoms with van der Waals surface area (Å²) in [7, 11) is 1.51. The van der Waals surface area contributed by atoms with Gasteiger partial charge in [-0.2, -0.15) is 0 Å². The molecule has 0 radical (unpaired) electrons. The summed E-state index contributed by atoms with van der Waals surface area (Å²) >= 11 is 6.41. The smallest absolute Gasteiger partial charge is 0.407 e. The van der Waals surface area contributed by atoms with Crippen LogP contribution >= 0.6 is 11.6 Å². The van der Waals surface area contributed by atoms with Crippen LogP contribution in [0.15, 0.2) is 18.5 Å². The lowest BCUT2D eigenvalue weighted by Gasteiger charge is -2.24. The lowest BCUT2D eigenvalue weighted by molar-refractivity contribution is -0.0295. The number of ether oxygens (including phenoxy) is 1. The van der Waals surface area contributed by atoms with Gasteiger partial charge in [-0.3, -0.25) is 0 Å². The maximum Gasteiger partial charge on any atom is 0.407 e. The van der Waals surface area contributed by atoms with E-state index in [4.69, 9.17) is 21.4 Å². The minimum absolute atomic E-state index is 0.00219. The van der Waals surface area contributed by atoms with Crippen molar-refractivity contribution >= 4 is 28.7 Å². The Balaban J connectivity index is 1.93. The minimum atomic E-state index is -0.989. The van der Waals surface area contributed by atoms with Gasteiger partial charge in [-0.25, -0.2) is 9.78 Å². The van der Waals surface area contributed by atoms with Gasteiger partial charge in [0, 0.05) is 13.7 Å². The zero-order valence-electron chi connectivity index (χ0n) is 12.3. The summed E-state index contributed by atoms with van der Waals surface area (Å²) in [4.78, 5) is 16.5. The normalized spacial score (nSPS) is 18.5. The monoisotopic (exact) mass is 323 g/mol. The van der Waals surface area contributed by atoms with Gasteiger partial charge in [0.05, 0.1) is 23.4 Å². The van der Waals surface area contributed by atoms with Crippen molar-refractivity contribution in [2.24, 2.45) is 0 Å². The van der Waals surface area contributed by atoms with E-state index < -0.39 is 6.09 Å². The third-order valence-electron chi connectivity index (χ3n) is 3.96. The predicted molar refractivity (Wildman–Crippen MR) is 83.1 cm³/mol. The second-order valence-corrected chi connectivity index (χ2v) is 5.90. The first-order chi connectivity index (χ1) is 10.6.